The highest BCUT2D eigenvalue weighted by molar-refractivity contribution is 5.76. The number of nitrogens with one attached hydrogen (secondary N) is 1. The predicted molar refractivity (Wildman–Crippen MR) is 291 cm³/mol. The molecule has 3 rings (SSSR count). The van der Waals surface area contributed by atoms with Gasteiger partial charge in [-0.05, 0) is 44.9 Å². The lowest BCUT2D eigenvalue weighted by Crippen LogP contribution is -2.66. The Balaban J connectivity index is 1.30. The van der Waals surface area contributed by atoms with Crippen LogP contribution >= 0.6 is 0 Å². The van der Waals surface area contributed by atoms with Crippen molar-refractivity contribution in [2.75, 3.05) is 26.4 Å². The molecule has 3 aliphatic heterocycles. The fourth-order valence-corrected chi connectivity index (χ4v) is 9.99. The molecule has 0 aromatic carbocycles. The predicted octanol–water partition coefficient (Wildman–Crippen LogP) is 4.93. The van der Waals surface area contributed by atoms with E-state index in [0.29, 0.717) is 12.8 Å². The van der Waals surface area contributed by atoms with Crippen LogP contribution in [0.5, 0.6) is 0 Å². The van der Waals surface area contributed by atoms with E-state index in [0.717, 1.165) is 32.1 Å². The Bertz CT molecular complexity index is 1550. The van der Waals surface area contributed by atoms with Crippen molar-refractivity contribution in [1.29, 1.82) is 0 Å². The molecule has 12 N–H and O–H groups in total. The standard InChI is InChI=1S/C58H105NO18/c1-3-5-7-8-9-10-11-12-13-14-15-16-17-18-19-20-21-22-23-24-25-26-27-28-29-30-31-32-34-36-46(64)59-41(42(63)35-33-6-4-2)40-72-56-52(70)49(67)54(44(38-61)74-56)77-58-53(71)50(68)55(45(39-62)75-58)76-57-51(69)48(66)47(65)43(37-60)73-57/h11-12,14-15,33,35,41-45,47-58,60-63,65-71H,3-10,13,16-32,34,36-40H2,1-2H3,(H,59,64)/b12-11-,15-14-,35-33+. The Kier molecular flexibility index (Phi) is 37.7. The molecule has 0 aromatic rings. The van der Waals surface area contributed by atoms with Crippen LogP contribution in [0.1, 0.15) is 194 Å². The molecule has 19 heteroatoms. The smallest absolute Gasteiger partial charge is 0.220 e. The van der Waals surface area contributed by atoms with Gasteiger partial charge in [0.15, 0.2) is 18.9 Å². The number of carbonyl (C=O) groups is 1. The first-order chi connectivity index (χ1) is 37.3. The van der Waals surface area contributed by atoms with E-state index >= 15 is 0 Å². The molecule has 77 heavy (non-hydrogen) atoms. The Labute approximate surface area is 460 Å². The summed E-state index contributed by atoms with van der Waals surface area (Å²) >= 11 is 0. The number of unbranched alkanes of at least 4 members (excludes halogenated alkanes) is 23. The Morgan fingerprint density at radius 2 is 0.883 bits per heavy atom. The molecule has 0 spiro atoms. The number of aliphatic hydroxyl groups is 11. The maximum Gasteiger partial charge on any atom is 0.220 e. The van der Waals surface area contributed by atoms with E-state index in [9.17, 15) is 61.0 Å². The molecule has 0 saturated carbocycles. The molecular formula is C58H105NO18. The number of amides is 1. The topological polar surface area (TPSA) is 307 Å². The maximum atomic E-state index is 13.1. The van der Waals surface area contributed by atoms with Crippen LogP contribution < -0.4 is 5.32 Å². The maximum absolute atomic E-state index is 13.1. The molecule has 0 aliphatic carbocycles. The number of hydrogen-bond acceptors (Lipinski definition) is 18. The lowest BCUT2D eigenvalue weighted by Gasteiger charge is -2.48. The fraction of sp³-hybridized carbons (Fsp3) is 0.879. The molecule has 17 unspecified atom stereocenters. The third-order valence-corrected chi connectivity index (χ3v) is 14.9. The highest BCUT2D eigenvalue weighted by Crippen LogP contribution is 2.33. The molecule has 3 fully saturated rings. The highest BCUT2D eigenvalue weighted by Gasteiger charge is 2.53. The summed E-state index contributed by atoms with van der Waals surface area (Å²) in [7, 11) is 0. The summed E-state index contributed by atoms with van der Waals surface area (Å²) in [4.78, 5) is 13.1. The van der Waals surface area contributed by atoms with Gasteiger partial charge >= 0.3 is 0 Å². The van der Waals surface area contributed by atoms with Crippen LogP contribution in [0.3, 0.4) is 0 Å². The van der Waals surface area contributed by atoms with Gasteiger partial charge in [0.1, 0.15) is 73.2 Å². The van der Waals surface area contributed by atoms with Crippen LogP contribution in [0.2, 0.25) is 0 Å². The van der Waals surface area contributed by atoms with Gasteiger partial charge in [0.05, 0.1) is 38.6 Å². The van der Waals surface area contributed by atoms with Gasteiger partial charge in [0.25, 0.3) is 0 Å². The SMILES string of the molecule is CCC/C=C/C(O)C(COC1OC(CO)C(OC2OC(CO)C(OC3OC(CO)C(O)C(O)C3O)C(O)C2O)C(O)C1O)NC(=O)CCCCCCCCCCCCCCCCCCC/C=C\C/C=C\CCCCCCC. The molecule has 0 radical (unpaired) electrons. The minimum Gasteiger partial charge on any atom is -0.394 e. The van der Waals surface area contributed by atoms with Crippen LogP contribution in [0.15, 0.2) is 36.5 Å². The summed E-state index contributed by atoms with van der Waals surface area (Å²) in [6.07, 6.45) is 18.6. The Morgan fingerprint density at radius 3 is 1.35 bits per heavy atom. The van der Waals surface area contributed by atoms with Crippen molar-refractivity contribution in [1.82, 2.24) is 5.32 Å². The first-order valence-electron chi connectivity index (χ1n) is 29.7. The second kappa shape index (κ2) is 41.9. The first kappa shape index (κ1) is 69.3. The summed E-state index contributed by atoms with van der Waals surface area (Å²) in [5, 5.41) is 119. The number of carbonyl (C=O) groups excluding carboxylic acids is 1. The van der Waals surface area contributed by atoms with Crippen molar-refractivity contribution in [2.24, 2.45) is 0 Å². The number of ether oxygens (including phenoxy) is 6. The average Bonchev–Trinajstić information content (AvgIpc) is 3.43. The van der Waals surface area contributed by atoms with Gasteiger partial charge in [0, 0.05) is 6.42 Å². The zero-order valence-corrected chi connectivity index (χ0v) is 46.7. The number of allylic oxidation sites excluding steroid dienone is 5. The molecule has 3 heterocycles. The monoisotopic (exact) mass is 1100 g/mol. The van der Waals surface area contributed by atoms with Crippen LogP contribution in [-0.4, -0.2) is 193 Å². The van der Waals surface area contributed by atoms with Crippen LogP contribution in [0.25, 0.3) is 0 Å². The van der Waals surface area contributed by atoms with Crippen LogP contribution in [0, 0.1) is 0 Å². The fourth-order valence-electron chi connectivity index (χ4n) is 9.99. The van der Waals surface area contributed by atoms with Crippen LogP contribution in [-0.2, 0) is 33.2 Å². The van der Waals surface area contributed by atoms with E-state index in [2.05, 4.69) is 36.5 Å². The normalized spacial score (nSPS) is 30.9. The van der Waals surface area contributed by atoms with Gasteiger partial charge < -0.3 is 89.9 Å². The van der Waals surface area contributed by atoms with Gasteiger partial charge in [-0.1, -0.05) is 179 Å². The van der Waals surface area contributed by atoms with E-state index in [-0.39, 0.29) is 18.9 Å². The van der Waals surface area contributed by atoms with Crippen LogP contribution in [0.4, 0.5) is 0 Å². The second-order valence-electron chi connectivity index (χ2n) is 21.5. The third kappa shape index (κ3) is 26.2. The van der Waals surface area contributed by atoms with E-state index in [1.54, 1.807) is 12.2 Å². The summed E-state index contributed by atoms with van der Waals surface area (Å²) in [6, 6.07) is -0.967. The molecule has 0 bridgehead atoms. The largest absolute Gasteiger partial charge is 0.394 e. The lowest BCUT2D eigenvalue weighted by molar-refractivity contribution is -0.379. The summed E-state index contributed by atoms with van der Waals surface area (Å²) < 4.78 is 33.9. The molecule has 0 aromatic heterocycles. The van der Waals surface area contributed by atoms with Gasteiger partial charge in [-0.15, -0.1) is 0 Å². The Morgan fingerprint density at radius 1 is 0.468 bits per heavy atom. The molecule has 19 nitrogen and oxygen atoms in total. The van der Waals surface area contributed by atoms with Gasteiger partial charge in [-0.3, -0.25) is 4.79 Å². The average molecular weight is 1100 g/mol. The van der Waals surface area contributed by atoms with Crippen molar-refractivity contribution in [3.8, 4) is 0 Å². The third-order valence-electron chi connectivity index (χ3n) is 14.9. The number of aliphatic hydroxyl groups excluding tert-OH is 11. The van der Waals surface area contributed by atoms with Crippen molar-refractivity contribution in [3.63, 3.8) is 0 Å². The zero-order chi connectivity index (χ0) is 56.2. The number of rotatable bonds is 43. The van der Waals surface area contributed by atoms with E-state index in [4.69, 9.17) is 28.4 Å². The van der Waals surface area contributed by atoms with Crippen molar-refractivity contribution in [3.05, 3.63) is 36.5 Å². The first-order valence-corrected chi connectivity index (χ1v) is 29.7. The van der Waals surface area contributed by atoms with Crippen molar-refractivity contribution in [2.45, 2.75) is 298 Å². The number of hydrogen-bond donors (Lipinski definition) is 12. The van der Waals surface area contributed by atoms with E-state index < -0.39 is 124 Å². The molecular weight excluding hydrogens is 999 g/mol. The van der Waals surface area contributed by atoms with Crippen molar-refractivity contribution < 1.29 is 89.4 Å². The van der Waals surface area contributed by atoms with Gasteiger partial charge in [0.2, 0.25) is 5.91 Å². The highest BCUT2D eigenvalue weighted by atomic mass is 16.8. The molecule has 1 amide bonds. The molecule has 3 saturated heterocycles. The van der Waals surface area contributed by atoms with Crippen molar-refractivity contribution >= 4 is 5.91 Å². The zero-order valence-electron chi connectivity index (χ0n) is 46.7. The van der Waals surface area contributed by atoms with E-state index in [1.165, 1.54) is 128 Å². The summed E-state index contributed by atoms with van der Waals surface area (Å²) in [5.74, 6) is -0.287. The summed E-state index contributed by atoms with van der Waals surface area (Å²) in [5.41, 5.74) is 0. The lowest BCUT2D eigenvalue weighted by atomic mass is 9.96. The van der Waals surface area contributed by atoms with Gasteiger partial charge in [-0.25, -0.2) is 0 Å². The minimum absolute atomic E-state index is 0.242. The molecule has 17 atom stereocenters. The van der Waals surface area contributed by atoms with Gasteiger partial charge in [-0.2, -0.15) is 0 Å². The Hall–Kier alpha value is -1.99. The quantitative estimate of drug-likeness (QED) is 0.0285. The van der Waals surface area contributed by atoms with E-state index in [1.807, 2.05) is 6.92 Å². The molecule has 3 aliphatic rings. The second-order valence-corrected chi connectivity index (χ2v) is 21.5. The molecule has 450 valence electrons. The summed E-state index contributed by atoms with van der Waals surface area (Å²) in [6.45, 7) is 1.47. The minimum atomic E-state index is -1.97.